The molecule has 1 aromatic carbocycles. The Kier molecular flexibility index (Phi) is 12.6. The Morgan fingerprint density at radius 3 is 2.44 bits per heavy atom. The van der Waals surface area contributed by atoms with Gasteiger partial charge in [-0.2, -0.15) is 0 Å². The first kappa shape index (κ1) is 28.8. The molecule has 3 N–H and O–H groups in total. The molecule has 184 valence electrons. The summed E-state index contributed by atoms with van der Waals surface area (Å²) in [4.78, 5) is 9.03. The van der Waals surface area contributed by atoms with Gasteiger partial charge < -0.3 is 10.4 Å². The third kappa shape index (κ3) is 9.72. The molecular weight excluding hydrogens is 448 g/mol. The van der Waals surface area contributed by atoms with E-state index in [1.807, 2.05) is 58.0 Å². The van der Waals surface area contributed by atoms with E-state index in [0.717, 1.165) is 40.1 Å². The zero-order valence-corrected chi connectivity index (χ0v) is 21.6. The normalized spacial score (nSPS) is 14.9. The van der Waals surface area contributed by atoms with Crippen molar-refractivity contribution in [3.8, 4) is 0 Å². The van der Waals surface area contributed by atoms with Crippen molar-refractivity contribution in [2.45, 2.75) is 34.6 Å². The number of rotatable bonds is 12. The lowest BCUT2D eigenvalue weighted by molar-refractivity contribution is 0.473. The number of nitrogens with zero attached hydrogens (tertiary/aromatic N) is 2. The van der Waals surface area contributed by atoms with E-state index in [9.17, 15) is 8.42 Å². The number of hydrogen-bond acceptors (Lipinski definition) is 6. The summed E-state index contributed by atoms with van der Waals surface area (Å²) < 4.78 is 27.5. The van der Waals surface area contributed by atoms with E-state index >= 15 is 0 Å². The fourth-order valence-electron chi connectivity index (χ4n) is 2.91. The van der Waals surface area contributed by atoms with Gasteiger partial charge in [0.25, 0.3) is 0 Å². The van der Waals surface area contributed by atoms with Crippen LogP contribution in [0.2, 0.25) is 0 Å². The predicted molar refractivity (Wildman–Crippen MR) is 144 cm³/mol. The SMILES string of the molecule is C\C=C(/C=C\C=C\O)S(=O)(=O)NCCN/C(C)=C/C(=N/C(C)=C(\C)C=NC)c1ccccc1C. The molecule has 34 heavy (non-hydrogen) atoms. The quantitative estimate of drug-likeness (QED) is 0.173. The number of aliphatic imine (C=N–C) groups is 2. The zero-order chi connectivity index (χ0) is 25.6. The van der Waals surface area contributed by atoms with Crippen molar-refractivity contribution in [2.75, 3.05) is 20.1 Å². The van der Waals surface area contributed by atoms with Crippen LogP contribution in [0.4, 0.5) is 0 Å². The fraction of sp³-hybridized carbons (Fsp3) is 0.308. The Morgan fingerprint density at radius 1 is 1.12 bits per heavy atom. The molecule has 0 unspecified atom stereocenters. The summed E-state index contributed by atoms with van der Waals surface area (Å²) >= 11 is 0. The highest BCUT2D eigenvalue weighted by atomic mass is 32.2. The summed E-state index contributed by atoms with van der Waals surface area (Å²) in [7, 11) is -1.92. The first-order valence-corrected chi connectivity index (χ1v) is 12.4. The standard InChI is InChI=1S/C26H36N4O3S/c1-7-24(13-10-11-17-31)34(32,33)29-16-15-28-22(4)18-26(25-14-9-8-12-20(25)2)30-23(5)21(3)19-27-6/h7-14,17-19,28-29,31H,15-16H2,1-6H3/b13-10-,17-11+,22-18+,23-21+,24-7+,27-19?,30-26-. The molecule has 0 aliphatic rings. The number of nitrogens with one attached hydrogen (secondary N) is 2. The number of aryl methyl sites for hydroxylation is 1. The average molecular weight is 485 g/mol. The second kappa shape index (κ2) is 14.8. The van der Waals surface area contributed by atoms with Crippen LogP contribution in [0, 0.1) is 6.92 Å². The van der Waals surface area contributed by atoms with Crippen molar-refractivity contribution in [2.24, 2.45) is 9.98 Å². The predicted octanol–water partition coefficient (Wildman–Crippen LogP) is 4.72. The van der Waals surface area contributed by atoms with Gasteiger partial charge in [0.1, 0.15) is 0 Å². The topological polar surface area (TPSA) is 103 Å². The van der Waals surface area contributed by atoms with E-state index in [1.54, 1.807) is 20.2 Å². The zero-order valence-electron chi connectivity index (χ0n) is 20.8. The van der Waals surface area contributed by atoms with Gasteiger partial charge in [0.2, 0.25) is 10.0 Å². The van der Waals surface area contributed by atoms with E-state index in [-0.39, 0.29) is 11.4 Å². The number of benzene rings is 1. The molecule has 8 heteroatoms. The van der Waals surface area contributed by atoms with Crippen molar-refractivity contribution in [3.63, 3.8) is 0 Å². The molecule has 0 aromatic heterocycles. The summed E-state index contributed by atoms with van der Waals surface area (Å²) in [6.45, 7) is 10.1. The molecule has 0 amide bonds. The summed E-state index contributed by atoms with van der Waals surface area (Å²) in [5.41, 5.74) is 5.63. The molecule has 0 radical (unpaired) electrons. The van der Waals surface area contributed by atoms with Gasteiger partial charge in [-0.15, -0.1) is 0 Å². The van der Waals surface area contributed by atoms with Crippen molar-refractivity contribution in [3.05, 3.63) is 93.9 Å². The van der Waals surface area contributed by atoms with Gasteiger partial charge in [-0.3, -0.25) is 9.98 Å². The van der Waals surface area contributed by atoms with Crippen molar-refractivity contribution < 1.29 is 13.5 Å². The Labute approximate surface area is 204 Å². The maximum Gasteiger partial charge on any atom is 0.240 e. The number of aliphatic hydroxyl groups is 1. The van der Waals surface area contributed by atoms with Crippen molar-refractivity contribution >= 4 is 21.9 Å². The lowest BCUT2D eigenvalue weighted by Crippen LogP contribution is -2.31. The summed E-state index contributed by atoms with van der Waals surface area (Å²) in [5.74, 6) is 0. The molecule has 0 aliphatic heterocycles. The van der Waals surface area contributed by atoms with Crippen LogP contribution in [-0.4, -0.2) is 45.6 Å². The monoisotopic (exact) mass is 484 g/mol. The minimum atomic E-state index is -3.65. The van der Waals surface area contributed by atoms with Crippen LogP contribution < -0.4 is 10.0 Å². The van der Waals surface area contributed by atoms with E-state index in [4.69, 9.17) is 10.1 Å². The van der Waals surface area contributed by atoms with Gasteiger partial charge in [-0.25, -0.2) is 13.1 Å². The number of hydrogen-bond donors (Lipinski definition) is 3. The average Bonchev–Trinajstić information content (AvgIpc) is 2.79. The van der Waals surface area contributed by atoms with Crippen LogP contribution in [-0.2, 0) is 10.0 Å². The van der Waals surface area contributed by atoms with Crippen LogP contribution in [0.15, 0.2) is 92.8 Å². The minimum absolute atomic E-state index is 0.125. The lowest BCUT2D eigenvalue weighted by Gasteiger charge is -2.12. The van der Waals surface area contributed by atoms with E-state index in [0.29, 0.717) is 6.54 Å². The highest BCUT2D eigenvalue weighted by molar-refractivity contribution is 7.93. The molecule has 0 bridgehead atoms. The summed E-state index contributed by atoms with van der Waals surface area (Å²) in [5, 5.41) is 11.9. The first-order chi connectivity index (χ1) is 16.2. The van der Waals surface area contributed by atoms with E-state index in [2.05, 4.69) is 15.0 Å². The highest BCUT2D eigenvalue weighted by Gasteiger charge is 2.13. The maximum absolute atomic E-state index is 12.4. The summed E-state index contributed by atoms with van der Waals surface area (Å²) in [6, 6.07) is 8.04. The van der Waals surface area contributed by atoms with Crippen LogP contribution in [0.25, 0.3) is 0 Å². The van der Waals surface area contributed by atoms with Gasteiger partial charge in [-0.05, 0) is 64.0 Å². The lowest BCUT2D eigenvalue weighted by atomic mass is 10.0. The Morgan fingerprint density at radius 2 is 1.82 bits per heavy atom. The molecular formula is C26H36N4O3S. The largest absolute Gasteiger partial charge is 0.516 e. The molecule has 0 heterocycles. The second-order valence-electron chi connectivity index (χ2n) is 7.51. The molecule has 1 aromatic rings. The maximum atomic E-state index is 12.4. The number of aliphatic hydroxyl groups excluding tert-OH is 1. The van der Waals surface area contributed by atoms with Gasteiger partial charge in [0.15, 0.2) is 0 Å². The third-order valence-corrected chi connectivity index (χ3v) is 6.41. The summed E-state index contributed by atoms with van der Waals surface area (Å²) in [6.07, 6.45) is 10.3. The van der Waals surface area contributed by atoms with Gasteiger partial charge in [0, 0.05) is 43.3 Å². The van der Waals surface area contributed by atoms with Crippen molar-refractivity contribution in [1.29, 1.82) is 0 Å². The number of sulfonamides is 1. The van der Waals surface area contributed by atoms with E-state index in [1.165, 1.54) is 24.3 Å². The van der Waals surface area contributed by atoms with Crippen LogP contribution in [0.1, 0.15) is 38.8 Å². The molecule has 1 rings (SSSR count). The third-order valence-electron chi connectivity index (χ3n) is 4.83. The molecule has 7 nitrogen and oxygen atoms in total. The number of allylic oxidation sites excluding steroid dienone is 8. The fourth-order valence-corrected chi connectivity index (χ4v) is 4.02. The molecule has 0 atom stereocenters. The Bertz CT molecular complexity index is 1140. The van der Waals surface area contributed by atoms with Crippen LogP contribution in [0.3, 0.4) is 0 Å². The highest BCUT2D eigenvalue weighted by Crippen LogP contribution is 2.14. The Hall–Kier alpha value is -3.23. The minimum Gasteiger partial charge on any atom is -0.516 e. The smallest absolute Gasteiger partial charge is 0.240 e. The molecule has 0 aliphatic carbocycles. The molecule has 0 fully saturated rings. The van der Waals surface area contributed by atoms with Gasteiger partial charge in [-0.1, -0.05) is 36.4 Å². The van der Waals surface area contributed by atoms with Gasteiger partial charge in [0.05, 0.1) is 16.9 Å². The van der Waals surface area contributed by atoms with Crippen molar-refractivity contribution in [1.82, 2.24) is 10.0 Å². The Balaban J connectivity index is 3.00. The van der Waals surface area contributed by atoms with Crippen LogP contribution in [0.5, 0.6) is 0 Å². The molecule has 0 spiro atoms. The molecule has 0 saturated carbocycles. The van der Waals surface area contributed by atoms with Gasteiger partial charge >= 0.3 is 0 Å². The first-order valence-electron chi connectivity index (χ1n) is 11.0. The second-order valence-corrected chi connectivity index (χ2v) is 9.28. The molecule has 0 saturated heterocycles. The van der Waals surface area contributed by atoms with E-state index < -0.39 is 10.0 Å². The van der Waals surface area contributed by atoms with Crippen LogP contribution >= 0.6 is 0 Å².